The van der Waals surface area contributed by atoms with E-state index in [0.29, 0.717) is 15.9 Å². The maximum absolute atomic E-state index is 12.1. The highest BCUT2D eigenvalue weighted by Gasteiger charge is 2.10. The van der Waals surface area contributed by atoms with Gasteiger partial charge in [-0.15, -0.1) is 0 Å². The second kappa shape index (κ2) is 9.06. The second-order valence-corrected chi connectivity index (χ2v) is 8.01. The van der Waals surface area contributed by atoms with Crippen LogP contribution in [0.25, 0.3) is 17.8 Å². The van der Waals surface area contributed by atoms with Crippen LogP contribution in [0.1, 0.15) is 11.1 Å². The summed E-state index contributed by atoms with van der Waals surface area (Å²) in [5.74, 6) is 0.613. The lowest BCUT2D eigenvalue weighted by molar-refractivity contribution is 0.411. The van der Waals surface area contributed by atoms with Crippen LogP contribution in [-0.4, -0.2) is 27.1 Å². The van der Waals surface area contributed by atoms with E-state index in [-0.39, 0.29) is 0 Å². The topological polar surface area (TPSA) is 93.2 Å². The molecule has 0 amide bonds. The van der Waals surface area contributed by atoms with E-state index in [1.165, 1.54) is 16.8 Å². The number of anilines is 1. The molecule has 2 N–H and O–H groups in total. The van der Waals surface area contributed by atoms with E-state index < -0.39 is 22.2 Å². The molecule has 3 rings (SSSR count). The van der Waals surface area contributed by atoms with Gasteiger partial charge < -0.3 is 9.46 Å². The summed E-state index contributed by atoms with van der Waals surface area (Å²) in [6, 6.07) is 12.3. The van der Waals surface area contributed by atoms with Crippen LogP contribution in [0.4, 0.5) is 5.69 Å². The summed E-state index contributed by atoms with van der Waals surface area (Å²) in [6.45, 7) is 0. The van der Waals surface area contributed by atoms with Crippen molar-refractivity contribution in [2.45, 2.75) is 0 Å². The molecule has 1 unspecified atom stereocenters. The highest BCUT2D eigenvalue weighted by molar-refractivity contribution is 9.10. The number of nitrogens with one attached hydrogen (secondary N) is 2. The molecule has 0 radical (unpaired) electrons. The minimum atomic E-state index is -1.13. The summed E-state index contributed by atoms with van der Waals surface area (Å²) in [5, 5.41) is 0. The Balaban J connectivity index is 1.98. The summed E-state index contributed by atoms with van der Waals surface area (Å²) in [7, 11) is 0.436. The Hall–Kier alpha value is -2.91. The highest BCUT2D eigenvalue weighted by Crippen LogP contribution is 2.33. The van der Waals surface area contributed by atoms with Gasteiger partial charge in [0.15, 0.2) is 0 Å². The monoisotopic (exact) mass is 475 g/mol. The number of ether oxygens (including phenoxy) is 1. The predicted molar refractivity (Wildman–Crippen MR) is 120 cm³/mol. The summed E-state index contributed by atoms with van der Waals surface area (Å²) < 4.78 is 21.5. The van der Waals surface area contributed by atoms with Gasteiger partial charge in [0.2, 0.25) is 0 Å². The van der Waals surface area contributed by atoms with E-state index in [9.17, 15) is 13.8 Å². The Morgan fingerprint density at radius 1 is 1.14 bits per heavy atom. The Kier molecular flexibility index (Phi) is 6.50. The van der Waals surface area contributed by atoms with E-state index >= 15 is 0 Å². The lowest BCUT2D eigenvalue weighted by atomic mass is 10.1. The molecule has 0 aliphatic carbocycles. The number of aromatic amines is 1. The van der Waals surface area contributed by atoms with E-state index in [1.807, 2.05) is 36.4 Å². The molecule has 0 saturated heterocycles. The number of benzene rings is 2. The average molecular weight is 476 g/mol. The van der Waals surface area contributed by atoms with Crippen LogP contribution < -0.4 is 20.7 Å². The standard InChI is InChI=1S/C20H18BrN3O4S/c1-28-19-14(6-3-13-4-7-15(8-5-13)23-29(2)27)11-16(12-17(19)21)24-10-9-18(25)22-20(24)26/h3-12,23H,1-2H3,(H,22,25,26)/b6-3+. The number of methoxy groups -OCH3 is 1. The number of H-pyrrole nitrogens is 1. The Morgan fingerprint density at radius 3 is 2.48 bits per heavy atom. The number of nitrogens with zero attached hydrogens (tertiary/aromatic N) is 1. The molecular weight excluding hydrogens is 458 g/mol. The van der Waals surface area contributed by atoms with Crippen LogP contribution in [0.3, 0.4) is 0 Å². The van der Waals surface area contributed by atoms with Gasteiger partial charge in [0.25, 0.3) is 5.56 Å². The second-order valence-electron chi connectivity index (χ2n) is 6.04. The SMILES string of the molecule is COc1c(Br)cc(-n2ccc(=O)[nH]c2=O)cc1/C=C/c1ccc(NS(C)=O)cc1. The van der Waals surface area contributed by atoms with Crippen molar-refractivity contribution in [2.75, 3.05) is 18.1 Å². The third-order valence-corrected chi connectivity index (χ3v) is 5.10. The van der Waals surface area contributed by atoms with Crippen LogP contribution in [0.2, 0.25) is 0 Å². The molecule has 1 heterocycles. The van der Waals surface area contributed by atoms with Gasteiger partial charge in [-0.3, -0.25) is 14.3 Å². The first-order valence-corrected chi connectivity index (χ1v) is 10.8. The maximum atomic E-state index is 12.1. The van der Waals surface area contributed by atoms with Gasteiger partial charge in [-0.25, -0.2) is 9.00 Å². The number of halogens is 1. The summed E-state index contributed by atoms with van der Waals surface area (Å²) in [6.07, 6.45) is 6.76. The number of hydrogen-bond donors (Lipinski definition) is 2. The largest absolute Gasteiger partial charge is 0.495 e. The van der Waals surface area contributed by atoms with Gasteiger partial charge >= 0.3 is 5.69 Å². The number of rotatable bonds is 6. The van der Waals surface area contributed by atoms with Crippen molar-refractivity contribution in [3.63, 3.8) is 0 Å². The lowest BCUT2D eigenvalue weighted by Crippen LogP contribution is -2.27. The molecule has 0 fully saturated rings. The van der Waals surface area contributed by atoms with Gasteiger partial charge in [0, 0.05) is 29.8 Å². The summed E-state index contributed by atoms with van der Waals surface area (Å²) in [4.78, 5) is 25.7. The van der Waals surface area contributed by atoms with Crippen molar-refractivity contribution in [3.8, 4) is 11.4 Å². The minimum Gasteiger partial charge on any atom is -0.495 e. The van der Waals surface area contributed by atoms with Crippen LogP contribution in [-0.2, 0) is 11.0 Å². The first-order valence-electron chi connectivity index (χ1n) is 8.45. The minimum absolute atomic E-state index is 0.455. The van der Waals surface area contributed by atoms with Gasteiger partial charge in [-0.1, -0.05) is 24.3 Å². The van der Waals surface area contributed by atoms with Crippen LogP contribution in [0.15, 0.2) is 62.7 Å². The lowest BCUT2D eigenvalue weighted by Gasteiger charge is -2.12. The molecule has 0 aliphatic heterocycles. The molecule has 9 heteroatoms. The zero-order valence-electron chi connectivity index (χ0n) is 15.6. The van der Waals surface area contributed by atoms with E-state index in [1.54, 1.807) is 25.5 Å². The molecule has 0 saturated carbocycles. The molecule has 1 atom stereocenters. The van der Waals surface area contributed by atoms with Crippen molar-refractivity contribution < 1.29 is 8.95 Å². The zero-order chi connectivity index (χ0) is 21.0. The quantitative estimate of drug-likeness (QED) is 0.535. The number of hydrogen-bond acceptors (Lipinski definition) is 4. The van der Waals surface area contributed by atoms with E-state index in [2.05, 4.69) is 25.6 Å². The third-order valence-electron chi connectivity index (χ3n) is 3.99. The first-order chi connectivity index (χ1) is 13.9. The van der Waals surface area contributed by atoms with Gasteiger partial charge in [-0.05, 0) is 45.8 Å². The Morgan fingerprint density at radius 2 is 1.86 bits per heavy atom. The average Bonchev–Trinajstić information content (AvgIpc) is 2.66. The molecule has 0 bridgehead atoms. The molecule has 0 spiro atoms. The van der Waals surface area contributed by atoms with Gasteiger partial charge in [0.1, 0.15) is 16.7 Å². The van der Waals surface area contributed by atoms with Crippen LogP contribution >= 0.6 is 15.9 Å². The summed E-state index contributed by atoms with van der Waals surface area (Å²) >= 11 is 3.47. The van der Waals surface area contributed by atoms with Crippen molar-refractivity contribution in [3.05, 3.63) is 85.1 Å². The van der Waals surface area contributed by atoms with E-state index in [0.717, 1.165) is 16.8 Å². The predicted octanol–water partition coefficient (Wildman–Crippen LogP) is 3.17. The fraction of sp³-hybridized carbons (Fsp3) is 0.100. The van der Waals surface area contributed by atoms with Crippen molar-refractivity contribution in [1.82, 2.24) is 9.55 Å². The third kappa shape index (κ3) is 5.12. The van der Waals surface area contributed by atoms with Crippen LogP contribution in [0.5, 0.6) is 5.75 Å². The highest BCUT2D eigenvalue weighted by atomic mass is 79.9. The van der Waals surface area contributed by atoms with Crippen molar-refractivity contribution >= 4 is 44.8 Å². The maximum Gasteiger partial charge on any atom is 0.332 e. The van der Waals surface area contributed by atoms with E-state index in [4.69, 9.17) is 4.74 Å². The Bertz CT molecular complexity index is 1200. The fourth-order valence-corrected chi connectivity index (χ4v) is 3.81. The fourth-order valence-electron chi connectivity index (χ4n) is 2.71. The smallest absolute Gasteiger partial charge is 0.332 e. The molecule has 3 aromatic rings. The molecule has 2 aromatic carbocycles. The normalized spacial score (nSPS) is 12.1. The Labute approximate surface area is 177 Å². The van der Waals surface area contributed by atoms with Crippen LogP contribution in [0, 0.1) is 0 Å². The summed E-state index contributed by atoms with van der Waals surface area (Å²) in [5.41, 5.74) is 2.03. The number of aromatic nitrogens is 2. The molecular formula is C20H18BrN3O4S. The first kappa shape index (κ1) is 20.8. The molecule has 150 valence electrons. The zero-order valence-corrected chi connectivity index (χ0v) is 18.0. The molecule has 7 nitrogen and oxygen atoms in total. The van der Waals surface area contributed by atoms with Gasteiger partial charge in [-0.2, -0.15) is 0 Å². The van der Waals surface area contributed by atoms with Crippen molar-refractivity contribution in [2.24, 2.45) is 0 Å². The molecule has 29 heavy (non-hydrogen) atoms. The van der Waals surface area contributed by atoms with Crippen molar-refractivity contribution in [1.29, 1.82) is 0 Å². The molecule has 1 aromatic heterocycles. The molecule has 0 aliphatic rings. The van der Waals surface area contributed by atoms with Gasteiger partial charge in [0.05, 0.1) is 17.3 Å².